The Morgan fingerprint density at radius 1 is 1.17 bits per heavy atom. The minimum absolute atomic E-state index is 0.450. The number of aromatic nitrogens is 3. The van der Waals surface area contributed by atoms with E-state index < -0.39 is 0 Å². The number of nitrogens with one attached hydrogen (secondary N) is 1. The van der Waals surface area contributed by atoms with Crippen molar-refractivity contribution in [1.29, 1.82) is 0 Å². The molecule has 6 heteroatoms. The Bertz CT molecular complexity index is 850. The summed E-state index contributed by atoms with van der Waals surface area (Å²) in [4.78, 5) is 0. The van der Waals surface area contributed by atoms with Crippen molar-refractivity contribution in [2.24, 2.45) is 5.10 Å². The van der Waals surface area contributed by atoms with Crippen LogP contribution in [0.2, 0.25) is 0 Å². The number of hydrogen-bond donors (Lipinski definition) is 1. The van der Waals surface area contributed by atoms with E-state index in [9.17, 15) is 0 Å². The molecular weight excluding hydrogens is 308 g/mol. The summed E-state index contributed by atoms with van der Waals surface area (Å²) in [6.45, 7) is 2.61. The molecule has 3 rings (SSSR count). The largest absolute Gasteiger partial charge is 0.494 e. The standard InChI is InChI=1S/C17H16N4OS/c1-2-22-15-10-8-13(9-11-15)12-18-21-16(19-20-17(21)23)14-6-4-3-5-7-14/h3-12H,2H2,1H3,(H,20,23). The number of H-pyrrole nitrogens is 1. The van der Waals surface area contributed by atoms with E-state index in [1.807, 2.05) is 61.5 Å². The lowest BCUT2D eigenvalue weighted by molar-refractivity contribution is 0.340. The molecule has 0 atom stereocenters. The minimum atomic E-state index is 0.450. The molecule has 0 spiro atoms. The molecule has 0 aliphatic carbocycles. The molecule has 0 aliphatic heterocycles. The number of benzene rings is 2. The van der Waals surface area contributed by atoms with Crippen molar-refractivity contribution < 1.29 is 4.74 Å². The summed E-state index contributed by atoms with van der Waals surface area (Å²) >= 11 is 5.25. The van der Waals surface area contributed by atoms with Crippen molar-refractivity contribution in [3.05, 3.63) is 64.9 Å². The number of hydrogen-bond acceptors (Lipinski definition) is 4. The lowest BCUT2D eigenvalue weighted by atomic mass is 10.2. The first-order valence-electron chi connectivity index (χ1n) is 7.28. The Morgan fingerprint density at radius 3 is 2.61 bits per heavy atom. The van der Waals surface area contributed by atoms with Gasteiger partial charge in [-0.1, -0.05) is 30.3 Å². The van der Waals surface area contributed by atoms with Gasteiger partial charge in [-0.05, 0) is 49.0 Å². The van der Waals surface area contributed by atoms with Crippen LogP contribution in [0, 0.1) is 4.77 Å². The van der Waals surface area contributed by atoms with Crippen molar-refractivity contribution >= 4 is 18.4 Å². The SMILES string of the molecule is CCOc1ccc(C=Nn2c(-c3ccccc3)n[nH]c2=S)cc1. The summed E-state index contributed by atoms with van der Waals surface area (Å²) in [7, 11) is 0. The lowest BCUT2D eigenvalue weighted by Crippen LogP contribution is -1.95. The highest BCUT2D eigenvalue weighted by molar-refractivity contribution is 7.71. The van der Waals surface area contributed by atoms with Crippen LogP contribution in [0.15, 0.2) is 59.7 Å². The summed E-state index contributed by atoms with van der Waals surface area (Å²) in [5, 5.41) is 11.5. The molecule has 23 heavy (non-hydrogen) atoms. The summed E-state index contributed by atoms with van der Waals surface area (Å²) in [6, 6.07) is 17.5. The van der Waals surface area contributed by atoms with Crippen LogP contribution in [0.1, 0.15) is 12.5 Å². The highest BCUT2D eigenvalue weighted by atomic mass is 32.1. The zero-order valence-electron chi connectivity index (χ0n) is 12.6. The summed E-state index contributed by atoms with van der Waals surface area (Å²) in [5.41, 5.74) is 1.90. The second-order valence-corrected chi connectivity index (χ2v) is 5.16. The highest BCUT2D eigenvalue weighted by Gasteiger charge is 2.06. The van der Waals surface area contributed by atoms with E-state index in [4.69, 9.17) is 17.0 Å². The van der Waals surface area contributed by atoms with Crippen LogP contribution < -0.4 is 4.74 Å². The third-order valence-electron chi connectivity index (χ3n) is 3.20. The van der Waals surface area contributed by atoms with E-state index in [1.54, 1.807) is 10.9 Å². The number of ether oxygens (including phenoxy) is 1. The van der Waals surface area contributed by atoms with Crippen LogP contribution in [0.4, 0.5) is 0 Å². The number of nitrogens with zero attached hydrogens (tertiary/aromatic N) is 3. The molecular formula is C17H16N4OS. The van der Waals surface area contributed by atoms with Gasteiger partial charge in [-0.2, -0.15) is 14.9 Å². The van der Waals surface area contributed by atoms with Gasteiger partial charge in [0, 0.05) is 5.56 Å². The maximum Gasteiger partial charge on any atom is 0.216 e. The highest BCUT2D eigenvalue weighted by Crippen LogP contribution is 2.16. The molecule has 0 aliphatic rings. The topological polar surface area (TPSA) is 55.2 Å². The minimum Gasteiger partial charge on any atom is -0.494 e. The second kappa shape index (κ2) is 7.02. The van der Waals surface area contributed by atoms with Crippen LogP contribution in [0.3, 0.4) is 0 Å². The van der Waals surface area contributed by atoms with Crippen molar-refractivity contribution in [2.75, 3.05) is 6.61 Å². The molecule has 0 radical (unpaired) electrons. The van der Waals surface area contributed by atoms with E-state index in [0.29, 0.717) is 17.2 Å². The molecule has 1 N–H and O–H groups in total. The van der Waals surface area contributed by atoms with E-state index in [-0.39, 0.29) is 0 Å². The molecule has 0 saturated heterocycles. The van der Waals surface area contributed by atoms with E-state index in [2.05, 4.69) is 15.3 Å². The molecule has 3 aromatic rings. The maximum absolute atomic E-state index is 5.43. The van der Waals surface area contributed by atoms with Crippen LogP contribution in [0.25, 0.3) is 11.4 Å². The van der Waals surface area contributed by atoms with Gasteiger partial charge in [0.1, 0.15) is 5.75 Å². The average molecular weight is 324 g/mol. The molecule has 2 aromatic carbocycles. The normalized spacial score (nSPS) is 11.0. The lowest BCUT2D eigenvalue weighted by Gasteiger charge is -2.03. The fraction of sp³-hybridized carbons (Fsp3) is 0.118. The van der Waals surface area contributed by atoms with Gasteiger partial charge in [0.05, 0.1) is 12.8 Å². The molecule has 0 bridgehead atoms. The maximum atomic E-state index is 5.43. The van der Waals surface area contributed by atoms with Gasteiger partial charge >= 0.3 is 0 Å². The van der Waals surface area contributed by atoms with Gasteiger partial charge in [0.15, 0.2) is 5.82 Å². The third kappa shape index (κ3) is 3.54. The molecule has 1 heterocycles. The third-order valence-corrected chi connectivity index (χ3v) is 3.46. The Balaban J connectivity index is 1.88. The summed E-state index contributed by atoms with van der Waals surface area (Å²) in [6.07, 6.45) is 1.74. The van der Waals surface area contributed by atoms with Crippen LogP contribution in [-0.2, 0) is 0 Å². The average Bonchev–Trinajstić information content (AvgIpc) is 2.96. The fourth-order valence-electron chi connectivity index (χ4n) is 2.11. The van der Waals surface area contributed by atoms with Crippen molar-refractivity contribution in [3.63, 3.8) is 0 Å². The van der Waals surface area contributed by atoms with Crippen molar-refractivity contribution in [1.82, 2.24) is 14.9 Å². The molecule has 0 amide bonds. The molecule has 0 fully saturated rings. The van der Waals surface area contributed by atoms with Crippen molar-refractivity contribution in [3.8, 4) is 17.1 Å². The summed E-state index contributed by atoms with van der Waals surface area (Å²) < 4.78 is 7.49. The number of aromatic amines is 1. The predicted octanol–water partition coefficient (Wildman–Crippen LogP) is 3.89. The monoisotopic (exact) mass is 324 g/mol. The smallest absolute Gasteiger partial charge is 0.216 e. The molecule has 0 saturated carbocycles. The zero-order chi connectivity index (χ0) is 16.1. The Morgan fingerprint density at radius 2 is 1.91 bits per heavy atom. The van der Waals surface area contributed by atoms with Gasteiger partial charge in [-0.15, -0.1) is 0 Å². The predicted molar refractivity (Wildman–Crippen MR) is 93.5 cm³/mol. The molecule has 5 nitrogen and oxygen atoms in total. The zero-order valence-corrected chi connectivity index (χ0v) is 13.5. The van der Waals surface area contributed by atoms with Gasteiger partial charge in [-0.25, -0.2) is 5.10 Å². The van der Waals surface area contributed by atoms with Gasteiger partial charge in [0.2, 0.25) is 4.77 Å². The Kier molecular flexibility index (Phi) is 4.63. The second-order valence-electron chi connectivity index (χ2n) is 4.78. The number of rotatable bonds is 5. The van der Waals surface area contributed by atoms with Gasteiger partial charge < -0.3 is 4.74 Å². The fourth-order valence-corrected chi connectivity index (χ4v) is 2.29. The summed E-state index contributed by atoms with van der Waals surface area (Å²) in [5.74, 6) is 1.52. The van der Waals surface area contributed by atoms with E-state index in [0.717, 1.165) is 16.9 Å². The van der Waals surface area contributed by atoms with E-state index in [1.165, 1.54) is 0 Å². The van der Waals surface area contributed by atoms with Gasteiger partial charge in [-0.3, -0.25) is 0 Å². The Labute approximate surface area is 139 Å². The Hall–Kier alpha value is -2.73. The molecule has 116 valence electrons. The van der Waals surface area contributed by atoms with Gasteiger partial charge in [0.25, 0.3) is 0 Å². The van der Waals surface area contributed by atoms with Crippen LogP contribution in [-0.4, -0.2) is 27.7 Å². The first kappa shape index (κ1) is 15.2. The molecule has 0 unspecified atom stereocenters. The van der Waals surface area contributed by atoms with Crippen LogP contribution >= 0.6 is 12.2 Å². The quantitative estimate of drug-likeness (QED) is 0.572. The first-order chi connectivity index (χ1) is 11.3. The first-order valence-corrected chi connectivity index (χ1v) is 7.69. The van der Waals surface area contributed by atoms with Crippen LogP contribution in [0.5, 0.6) is 5.75 Å². The van der Waals surface area contributed by atoms with Crippen molar-refractivity contribution in [2.45, 2.75) is 6.92 Å². The molecule has 1 aromatic heterocycles. The van der Waals surface area contributed by atoms with E-state index >= 15 is 0 Å².